The summed E-state index contributed by atoms with van der Waals surface area (Å²) in [6.45, 7) is 6.60. The number of nitrogens with one attached hydrogen (secondary N) is 1. The number of thiocarbonyl (C=S) groups is 1. The van der Waals surface area contributed by atoms with Crippen LogP contribution in [0.4, 0.5) is 5.13 Å². The minimum absolute atomic E-state index is 0.108. The molecule has 1 aromatic heterocycles. The minimum atomic E-state index is -0.139. The molecule has 6 nitrogen and oxygen atoms in total. The number of nitrogens with zero attached hydrogens (tertiary/aromatic N) is 3. The summed E-state index contributed by atoms with van der Waals surface area (Å²) in [5, 5.41) is 12.3. The average Bonchev–Trinajstić information content (AvgIpc) is 3.26. The third-order valence-corrected chi connectivity index (χ3v) is 6.75. The van der Waals surface area contributed by atoms with Crippen molar-refractivity contribution in [1.82, 2.24) is 15.1 Å². The van der Waals surface area contributed by atoms with Gasteiger partial charge in [0.1, 0.15) is 9.33 Å². The highest BCUT2D eigenvalue weighted by atomic mass is 32.2. The van der Waals surface area contributed by atoms with Crippen molar-refractivity contribution in [3.8, 4) is 0 Å². The van der Waals surface area contributed by atoms with Crippen LogP contribution in [0.3, 0.4) is 0 Å². The molecule has 1 N–H and O–H groups in total. The van der Waals surface area contributed by atoms with Gasteiger partial charge in [0.2, 0.25) is 11.0 Å². The summed E-state index contributed by atoms with van der Waals surface area (Å²) >= 11 is 8.09. The van der Waals surface area contributed by atoms with Crippen molar-refractivity contribution in [2.45, 2.75) is 40.0 Å². The van der Waals surface area contributed by atoms with Crippen LogP contribution < -0.4 is 5.32 Å². The highest BCUT2D eigenvalue weighted by Crippen LogP contribution is 2.32. The molecule has 1 aliphatic heterocycles. The first-order valence-electron chi connectivity index (χ1n) is 10.4. The molecule has 1 fully saturated rings. The van der Waals surface area contributed by atoms with Crippen LogP contribution >= 0.6 is 35.3 Å². The number of carbonyl (C=O) groups is 2. The van der Waals surface area contributed by atoms with E-state index < -0.39 is 0 Å². The Morgan fingerprint density at radius 2 is 2.00 bits per heavy atom. The zero-order valence-corrected chi connectivity index (χ0v) is 20.8. The Balaban J connectivity index is 1.49. The number of anilines is 1. The second-order valence-corrected chi connectivity index (χ2v) is 10.6. The molecule has 0 unspecified atom stereocenters. The van der Waals surface area contributed by atoms with Gasteiger partial charge in [-0.25, -0.2) is 0 Å². The summed E-state index contributed by atoms with van der Waals surface area (Å²) in [6, 6.07) is 9.95. The van der Waals surface area contributed by atoms with Crippen molar-refractivity contribution in [1.29, 1.82) is 0 Å². The molecule has 32 heavy (non-hydrogen) atoms. The van der Waals surface area contributed by atoms with E-state index in [-0.39, 0.29) is 18.2 Å². The topological polar surface area (TPSA) is 75.2 Å². The van der Waals surface area contributed by atoms with E-state index in [0.717, 1.165) is 22.6 Å². The smallest absolute Gasteiger partial charge is 0.266 e. The van der Waals surface area contributed by atoms with Gasteiger partial charge < -0.3 is 5.32 Å². The molecule has 2 heterocycles. The number of hydrogen-bond acceptors (Lipinski definition) is 7. The number of rotatable bonds is 9. The summed E-state index contributed by atoms with van der Waals surface area (Å²) < 4.78 is 0.525. The molecule has 0 spiro atoms. The van der Waals surface area contributed by atoms with Crippen molar-refractivity contribution in [2.24, 2.45) is 5.92 Å². The molecule has 0 bridgehead atoms. The zero-order valence-electron chi connectivity index (χ0n) is 18.3. The lowest BCUT2D eigenvalue weighted by atomic mass is 10.1. The van der Waals surface area contributed by atoms with Crippen LogP contribution in [-0.2, 0) is 16.0 Å². The number of hydrogen-bond donors (Lipinski definition) is 1. The maximum Gasteiger partial charge on any atom is 0.266 e. The molecule has 0 saturated carbocycles. The van der Waals surface area contributed by atoms with Crippen molar-refractivity contribution >= 4 is 62.7 Å². The Bertz CT molecular complexity index is 1040. The Kier molecular flexibility index (Phi) is 8.72. The van der Waals surface area contributed by atoms with Crippen molar-refractivity contribution in [3.05, 3.63) is 57.5 Å². The Morgan fingerprint density at radius 1 is 1.25 bits per heavy atom. The molecule has 0 aliphatic carbocycles. The summed E-state index contributed by atoms with van der Waals surface area (Å²) in [4.78, 5) is 27.2. The lowest BCUT2D eigenvalue weighted by molar-refractivity contribution is -0.122. The third-order valence-electron chi connectivity index (χ3n) is 4.51. The Morgan fingerprint density at radius 3 is 2.72 bits per heavy atom. The van der Waals surface area contributed by atoms with Crippen LogP contribution in [0.2, 0.25) is 0 Å². The van der Waals surface area contributed by atoms with Gasteiger partial charge in [-0.2, -0.15) is 0 Å². The highest BCUT2D eigenvalue weighted by Gasteiger charge is 2.31. The van der Waals surface area contributed by atoms with Crippen LogP contribution in [0.15, 0.2) is 46.9 Å². The molecule has 1 saturated heterocycles. The fourth-order valence-electron chi connectivity index (χ4n) is 3.07. The predicted octanol–water partition coefficient (Wildman–Crippen LogP) is 5.30. The van der Waals surface area contributed by atoms with Crippen LogP contribution in [0, 0.1) is 5.92 Å². The molecule has 2 aromatic rings. The van der Waals surface area contributed by atoms with Crippen LogP contribution in [0.1, 0.15) is 44.2 Å². The standard InChI is InChI=1S/C23H26N4O2S3/c1-15(2)12-20-25-26-22(32-20)24-19(28)10-7-11-27-21(29)18(31-23(27)30)14-16(3)13-17-8-5-4-6-9-17/h4-6,8-9,13-15H,7,10-12H2,1-3H3,(H,24,26,28)/b16-13+,18-14-. The second-order valence-electron chi connectivity index (χ2n) is 7.88. The summed E-state index contributed by atoms with van der Waals surface area (Å²) in [5.41, 5.74) is 2.06. The summed E-state index contributed by atoms with van der Waals surface area (Å²) in [7, 11) is 0. The summed E-state index contributed by atoms with van der Waals surface area (Å²) in [5.74, 6) is 0.242. The molecule has 3 rings (SSSR count). The fourth-order valence-corrected chi connectivity index (χ4v) is 5.40. The lowest BCUT2D eigenvalue weighted by Crippen LogP contribution is -2.29. The lowest BCUT2D eigenvalue weighted by Gasteiger charge is -2.13. The number of carbonyl (C=O) groups excluding carboxylic acids is 2. The number of thioether (sulfide) groups is 1. The number of amides is 2. The normalized spacial score (nSPS) is 15.8. The van der Waals surface area contributed by atoms with E-state index in [1.54, 1.807) is 4.90 Å². The molecule has 2 amide bonds. The predicted molar refractivity (Wildman–Crippen MR) is 136 cm³/mol. The van der Waals surface area contributed by atoms with Gasteiger partial charge in [0.15, 0.2) is 0 Å². The average molecular weight is 487 g/mol. The molecule has 0 atom stereocenters. The van der Waals surface area contributed by atoms with Gasteiger partial charge in [-0.05, 0) is 36.5 Å². The molecule has 9 heteroatoms. The quantitative estimate of drug-likeness (QED) is 0.383. The van der Waals surface area contributed by atoms with Gasteiger partial charge in [-0.3, -0.25) is 14.5 Å². The summed E-state index contributed by atoms with van der Waals surface area (Å²) in [6.07, 6.45) is 5.53. The van der Waals surface area contributed by atoms with Crippen LogP contribution in [0.5, 0.6) is 0 Å². The van der Waals surface area contributed by atoms with E-state index in [0.29, 0.717) is 33.2 Å². The van der Waals surface area contributed by atoms with Gasteiger partial charge in [-0.1, -0.05) is 85.6 Å². The first-order chi connectivity index (χ1) is 15.3. The van der Waals surface area contributed by atoms with Gasteiger partial charge in [0.05, 0.1) is 4.91 Å². The monoisotopic (exact) mass is 486 g/mol. The fraction of sp³-hybridized carbons (Fsp3) is 0.348. The number of allylic oxidation sites excluding steroid dienone is 2. The molecule has 168 valence electrons. The van der Waals surface area contributed by atoms with E-state index in [1.165, 1.54) is 23.1 Å². The van der Waals surface area contributed by atoms with E-state index in [9.17, 15) is 9.59 Å². The Hall–Kier alpha value is -2.36. The van der Waals surface area contributed by atoms with Crippen molar-refractivity contribution < 1.29 is 9.59 Å². The van der Waals surface area contributed by atoms with Gasteiger partial charge in [0.25, 0.3) is 5.91 Å². The second kappa shape index (κ2) is 11.5. The number of benzene rings is 1. The van der Waals surface area contributed by atoms with Gasteiger partial charge in [0, 0.05) is 19.4 Å². The maximum absolute atomic E-state index is 12.8. The van der Waals surface area contributed by atoms with Crippen molar-refractivity contribution in [2.75, 3.05) is 11.9 Å². The molecule has 1 aliphatic rings. The van der Waals surface area contributed by atoms with E-state index in [4.69, 9.17) is 12.2 Å². The van der Waals surface area contributed by atoms with Gasteiger partial charge >= 0.3 is 0 Å². The first-order valence-corrected chi connectivity index (χ1v) is 12.5. The van der Waals surface area contributed by atoms with Gasteiger partial charge in [-0.15, -0.1) is 10.2 Å². The minimum Gasteiger partial charge on any atom is -0.301 e. The highest BCUT2D eigenvalue weighted by molar-refractivity contribution is 8.26. The van der Waals surface area contributed by atoms with Crippen molar-refractivity contribution in [3.63, 3.8) is 0 Å². The van der Waals surface area contributed by atoms with E-state index >= 15 is 0 Å². The largest absolute Gasteiger partial charge is 0.301 e. The SMILES string of the molecule is CC(/C=C1\SC(=S)N(CCCC(=O)Nc2nnc(CC(C)C)s2)C1=O)=C\c1ccccc1. The molecular weight excluding hydrogens is 460 g/mol. The third kappa shape index (κ3) is 7.08. The maximum atomic E-state index is 12.8. The van der Waals surface area contributed by atoms with Crippen LogP contribution in [-0.4, -0.2) is 37.8 Å². The molecule has 0 radical (unpaired) electrons. The van der Waals surface area contributed by atoms with E-state index in [2.05, 4.69) is 29.4 Å². The first kappa shape index (κ1) is 24.3. The Labute approximate surface area is 202 Å². The molecule has 1 aromatic carbocycles. The number of aromatic nitrogens is 2. The van der Waals surface area contributed by atoms with E-state index in [1.807, 2.05) is 49.4 Å². The zero-order chi connectivity index (χ0) is 23.1. The molecular formula is C23H26N4O2S3. The van der Waals surface area contributed by atoms with Crippen LogP contribution in [0.25, 0.3) is 6.08 Å².